The molecule has 0 amide bonds. The summed E-state index contributed by atoms with van der Waals surface area (Å²) in [7, 11) is 0. The lowest BCUT2D eigenvalue weighted by Gasteiger charge is -2.13. The summed E-state index contributed by atoms with van der Waals surface area (Å²) in [4.78, 5) is 21.2. The molecule has 0 bridgehead atoms. The number of hydrogen-bond acceptors (Lipinski definition) is 5. The zero-order valence-corrected chi connectivity index (χ0v) is 48.5. The average Bonchev–Trinajstić information content (AvgIpc) is 1.61. The SMILES string of the molecule is c1ccc(-c2nc(-c3ccc(-c4cccc(-c5ccc6c(c5)c5ccccc5n6-c5nccc6c5sc5ccc(-n7c8ccccc8c8ccccc87)cc56)c4)cc3)nc(-n3c4ccccc4c4ccc5c6ccccc6n(-c6ccccc6)c5c43)n2)cc1. The number of rotatable bonds is 8. The Morgan fingerprint density at radius 2 is 0.730 bits per heavy atom. The van der Waals surface area contributed by atoms with Crippen LogP contribution in [0.1, 0.15) is 0 Å². The fourth-order valence-corrected chi connectivity index (χ4v) is 15.3. The van der Waals surface area contributed by atoms with Crippen molar-refractivity contribution in [1.82, 2.24) is 38.2 Å². The molecule has 7 heterocycles. The lowest BCUT2D eigenvalue weighted by atomic mass is 9.97. The highest BCUT2D eigenvalue weighted by Gasteiger charge is 2.25. The highest BCUT2D eigenvalue weighted by Crippen LogP contribution is 2.45. The maximum Gasteiger partial charge on any atom is 0.238 e. The molecule has 12 aromatic carbocycles. The smallest absolute Gasteiger partial charge is 0.238 e. The molecule has 89 heavy (non-hydrogen) atoms. The van der Waals surface area contributed by atoms with Gasteiger partial charge >= 0.3 is 0 Å². The quantitative estimate of drug-likeness (QED) is 0.152. The number of pyridine rings is 1. The van der Waals surface area contributed by atoms with Crippen molar-refractivity contribution in [3.63, 3.8) is 0 Å². The molecule has 0 saturated heterocycles. The van der Waals surface area contributed by atoms with Gasteiger partial charge in [0.15, 0.2) is 17.5 Å². The van der Waals surface area contributed by atoms with Gasteiger partial charge in [-0.1, -0.05) is 200 Å². The van der Waals surface area contributed by atoms with Gasteiger partial charge < -0.3 is 9.13 Å². The van der Waals surface area contributed by atoms with Crippen molar-refractivity contribution in [2.45, 2.75) is 0 Å². The van der Waals surface area contributed by atoms with Crippen LogP contribution in [0.2, 0.25) is 0 Å². The van der Waals surface area contributed by atoms with Crippen molar-refractivity contribution >= 4 is 119 Å². The molecule has 0 unspecified atom stereocenters. The van der Waals surface area contributed by atoms with Crippen LogP contribution in [0.15, 0.2) is 291 Å². The Bertz CT molecular complexity index is 6050. The van der Waals surface area contributed by atoms with Crippen LogP contribution in [-0.2, 0) is 0 Å². The number of nitrogens with zero attached hydrogens (tertiary/aromatic N) is 8. The number of aromatic nitrogens is 8. The van der Waals surface area contributed by atoms with E-state index in [1.807, 2.05) is 35.7 Å². The van der Waals surface area contributed by atoms with Gasteiger partial charge in [-0.3, -0.25) is 9.13 Å². The fourth-order valence-electron chi connectivity index (χ4n) is 14.1. The normalized spacial score (nSPS) is 12.0. The van der Waals surface area contributed by atoms with Crippen molar-refractivity contribution < 1.29 is 0 Å². The standard InChI is InChI=1S/C80H48N8S/c1-3-18-50(19-4-1)77-82-78(84-80(83-77)88-71-33-16-10-27-60(71)63-41-40-62-59-26-9-14-31-69(59)86(74(62)75(63)88)55-22-5-2-6-23-55)51-36-34-49(35-37-51)52-20-17-21-53(46-52)54-38-42-72-65(47-54)61-28-11-15-32-70(61)87(72)79-76-64(44-45-81-79)66-48-56(39-43-73(66)89-76)85-67-29-12-7-24-57(67)58-25-8-13-30-68(58)85/h1-48H. The molecule has 414 valence electrons. The lowest BCUT2D eigenvalue weighted by molar-refractivity contribution is 0.953. The van der Waals surface area contributed by atoms with E-state index >= 15 is 0 Å². The summed E-state index contributed by atoms with van der Waals surface area (Å²) in [5, 5.41) is 11.9. The Hall–Kier alpha value is -11.8. The van der Waals surface area contributed by atoms with Gasteiger partial charge in [-0.15, -0.1) is 11.3 Å². The first-order chi connectivity index (χ1) is 44.1. The van der Waals surface area contributed by atoms with Crippen LogP contribution in [0.5, 0.6) is 0 Å². The largest absolute Gasteiger partial charge is 0.309 e. The third kappa shape index (κ3) is 7.52. The van der Waals surface area contributed by atoms with Crippen LogP contribution in [0.4, 0.5) is 0 Å². The highest BCUT2D eigenvalue weighted by molar-refractivity contribution is 7.26. The molecule has 8 nitrogen and oxygen atoms in total. The summed E-state index contributed by atoms with van der Waals surface area (Å²) < 4.78 is 11.8. The Morgan fingerprint density at radius 1 is 0.258 bits per heavy atom. The number of benzene rings is 12. The summed E-state index contributed by atoms with van der Waals surface area (Å²) >= 11 is 1.81. The van der Waals surface area contributed by atoms with Crippen molar-refractivity contribution in [3.05, 3.63) is 291 Å². The lowest BCUT2D eigenvalue weighted by Crippen LogP contribution is -2.07. The first-order valence-corrected chi connectivity index (χ1v) is 30.8. The van der Waals surface area contributed by atoms with Crippen molar-refractivity contribution in [1.29, 1.82) is 0 Å². The summed E-state index contributed by atoms with van der Waals surface area (Å²) in [6.45, 7) is 0. The van der Waals surface area contributed by atoms with Crippen molar-refractivity contribution in [2.24, 2.45) is 0 Å². The summed E-state index contributed by atoms with van der Waals surface area (Å²) in [5.41, 5.74) is 17.4. The van der Waals surface area contributed by atoms with E-state index in [4.69, 9.17) is 19.9 Å². The van der Waals surface area contributed by atoms with E-state index in [1.54, 1.807) is 0 Å². The van der Waals surface area contributed by atoms with Crippen molar-refractivity contribution in [3.8, 4) is 68.2 Å². The molecule has 9 heteroatoms. The van der Waals surface area contributed by atoms with E-state index in [1.165, 1.54) is 53.4 Å². The number of thiophene rings is 1. The van der Waals surface area contributed by atoms with Crippen LogP contribution < -0.4 is 0 Å². The van der Waals surface area contributed by atoms with E-state index in [-0.39, 0.29) is 0 Å². The molecule has 19 rings (SSSR count). The summed E-state index contributed by atoms with van der Waals surface area (Å²) in [5.74, 6) is 2.68. The first kappa shape index (κ1) is 49.5. The van der Waals surface area contributed by atoms with Crippen LogP contribution in [-0.4, -0.2) is 38.2 Å². The summed E-state index contributed by atoms with van der Waals surface area (Å²) in [6.07, 6.45) is 1.98. The third-order valence-corrected chi connectivity index (χ3v) is 19.3. The number of fused-ring (bicyclic) bond motifs is 16. The van der Waals surface area contributed by atoms with Gasteiger partial charge in [0.2, 0.25) is 5.95 Å². The van der Waals surface area contributed by atoms with Gasteiger partial charge in [0, 0.05) is 87.3 Å². The molecule has 0 aliphatic carbocycles. The predicted octanol–water partition coefficient (Wildman–Crippen LogP) is 20.7. The Kier molecular flexibility index (Phi) is 10.8. The molecule has 0 atom stereocenters. The van der Waals surface area contributed by atoms with Crippen LogP contribution >= 0.6 is 11.3 Å². The predicted molar refractivity (Wildman–Crippen MR) is 370 cm³/mol. The Balaban J connectivity index is 0.701. The van der Waals surface area contributed by atoms with Crippen LogP contribution in [0.3, 0.4) is 0 Å². The van der Waals surface area contributed by atoms with Gasteiger partial charge in [-0.05, 0) is 107 Å². The third-order valence-electron chi connectivity index (χ3n) is 18.1. The number of hydrogen-bond donors (Lipinski definition) is 0. The summed E-state index contributed by atoms with van der Waals surface area (Å²) in [6, 6.07) is 102. The van der Waals surface area contributed by atoms with Gasteiger partial charge in [0.05, 0.1) is 48.8 Å². The highest BCUT2D eigenvalue weighted by atomic mass is 32.1. The topological polar surface area (TPSA) is 71.3 Å². The van der Waals surface area contributed by atoms with Crippen molar-refractivity contribution in [2.75, 3.05) is 0 Å². The number of para-hydroxylation sites is 6. The molecule has 0 spiro atoms. The maximum atomic E-state index is 5.44. The van der Waals surface area contributed by atoms with Crippen LogP contribution in [0, 0.1) is 0 Å². The van der Waals surface area contributed by atoms with Gasteiger partial charge in [0.25, 0.3) is 0 Å². The second-order valence-corrected chi connectivity index (χ2v) is 24.0. The van der Waals surface area contributed by atoms with E-state index < -0.39 is 0 Å². The van der Waals surface area contributed by atoms with E-state index in [9.17, 15) is 0 Å². The van der Waals surface area contributed by atoms with E-state index in [2.05, 4.69) is 285 Å². The molecule has 0 aliphatic rings. The van der Waals surface area contributed by atoms with Gasteiger partial charge in [-0.25, -0.2) is 9.97 Å². The minimum atomic E-state index is 0.549. The van der Waals surface area contributed by atoms with Gasteiger partial charge in [0.1, 0.15) is 0 Å². The van der Waals surface area contributed by atoms with Gasteiger partial charge in [-0.2, -0.15) is 9.97 Å². The molecule has 0 fully saturated rings. The fraction of sp³-hybridized carbons (Fsp3) is 0. The molecule has 0 saturated carbocycles. The zero-order valence-electron chi connectivity index (χ0n) is 47.7. The molecular weight excluding hydrogens is 1110 g/mol. The molecule has 0 N–H and O–H groups in total. The molecule has 0 aliphatic heterocycles. The average molecular weight is 1150 g/mol. The minimum Gasteiger partial charge on any atom is -0.309 e. The van der Waals surface area contributed by atoms with E-state index in [0.29, 0.717) is 17.6 Å². The Morgan fingerprint density at radius 3 is 1.38 bits per heavy atom. The maximum absolute atomic E-state index is 5.44. The molecule has 19 aromatic rings. The second-order valence-electron chi connectivity index (χ2n) is 23.0. The van der Waals surface area contributed by atoms with E-state index in [0.717, 1.165) is 105 Å². The Labute approximate surface area is 513 Å². The first-order valence-electron chi connectivity index (χ1n) is 30.0. The second kappa shape index (κ2) is 19.4. The molecular formula is C80H48N8S. The monoisotopic (exact) mass is 1150 g/mol. The molecule has 7 aromatic heterocycles. The zero-order chi connectivity index (χ0) is 58.3. The molecule has 0 radical (unpaired) electrons. The minimum absolute atomic E-state index is 0.549. The van der Waals surface area contributed by atoms with Crippen LogP contribution in [0.25, 0.3) is 176 Å².